The molecule has 1 unspecified atom stereocenters. The number of thioether (sulfide) groups is 1. The third kappa shape index (κ3) is 2.87. The fourth-order valence-corrected chi connectivity index (χ4v) is 2.03. The topological polar surface area (TPSA) is 43.8 Å². The minimum absolute atomic E-state index is 0.583. The van der Waals surface area contributed by atoms with Crippen molar-refractivity contribution < 1.29 is 0 Å². The Hall–Kier alpha value is -0.480. The first-order chi connectivity index (χ1) is 5.72. The summed E-state index contributed by atoms with van der Waals surface area (Å²) in [6, 6.07) is 0. The first-order valence-electron chi connectivity index (χ1n) is 4.07. The van der Waals surface area contributed by atoms with Crippen molar-refractivity contribution in [1.29, 1.82) is 0 Å². The Morgan fingerprint density at radius 3 is 3.00 bits per heavy atom. The molecule has 0 fully saturated rings. The van der Waals surface area contributed by atoms with Crippen LogP contribution in [-0.2, 0) is 7.05 Å². The average Bonchev–Trinajstić information content (AvgIpc) is 2.36. The summed E-state index contributed by atoms with van der Waals surface area (Å²) < 4.78 is 1.82. The van der Waals surface area contributed by atoms with Crippen molar-refractivity contribution in [3.05, 3.63) is 12.4 Å². The molecule has 0 amide bonds. The van der Waals surface area contributed by atoms with E-state index in [9.17, 15) is 0 Å². The van der Waals surface area contributed by atoms with Gasteiger partial charge in [0.1, 0.15) is 0 Å². The van der Waals surface area contributed by atoms with Gasteiger partial charge in [0, 0.05) is 23.4 Å². The van der Waals surface area contributed by atoms with Crippen LogP contribution in [0.2, 0.25) is 0 Å². The van der Waals surface area contributed by atoms with Gasteiger partial charge in [0.2, 0.25) is 0 Å². The van der Waals surface area contributed by atoms with Crippen LogP contribution in [0.1, 0.15) is 13.3 Å². The van der Waals surface area contributed by atoms with Crippen LogP contribution in [-0.4, -0.2) is 21.6 Å². The molecule has 1 aromatic rings. The second-order valence-corrected chi connectivity index (χ2v) is 4.37. The monoisotopic (exact) mass is 185 g/mol. The molecule has 0 aromatic carbocycles. The third-order valence-electron chi connectivity index (χ3n) is 1.59. The fourth-order valence-electron chi connectivity index (χ4n) is 0.986. The minimum atomic E-state index is 0.583. The maximum atomic E-state index is 5.45. The van der Waals surface area contributed by atoms with Gasteiger partial charge in [-0.05, 0) is 13.0 Å². The van der Waals surface area contributed by atoms with Crippen LogP contribution in [0.5, 0.6) is 0 Å². The van der Waals surface area contributed by atoms with E-state index in [-0.39, 0.29) is 0 Å². The Morgan fingerprint density at radius 1 is 1.75 bits per heavy atom. The van der Waals surface area contributed by atoms with E-state index in [0.717, 1.165) is 13.0 Å². The van der Waals surface area contributed by atoms with E-state index in [0.29, 0.717) is 5.25 Å². The molecule has 1 atom stereocenters. The van der Waals surface area contributed by atoms with Crippen LogP contribution in [0.25, 0.3) is 0 Å². The van der Waals surface area contributed by atoms with Crippen LogP contribution in [0.3, 0.4) is 0 Å². The molecule has 1 aromatic heterocycles. The summed E-state index contributed by atoms with van der Waals surface area (Å²) in [4.78, 5) is 1.22. The van der Waals surface area contributed by atoms with Crippen LogP contribution in [0.4, 0.5) is 0 Å². The summed E-state index contributed by atoms with van der Waals surface area (Å²) in [6.45, 7) is 2.94. The molecular formula is C8H15N3S. The SMILES string of the molecule is CC(CCN)Sc1cnn(C)c1. The van der Waals surface area contributed by atoms with Crippen molar-refractivity contribution in [1.82, 2.24) is 9.78 Å². The molecule has 0 aliphatic heterocycles. The predicted octanol–water partition coefficient (Wildman–Crippen LogP) is 1.25. The smallest absolute Gasteiger partial charge is 0.0625 e. The largest absolute Gasteiger partial charge is 0.330 e. The molecule has 68 valence electrons. The molecular weight excluding hydrogens is 170 g/mol. The van der Waals surface area contributed by atoms with E-state index in [1.807, 2.05) is 35.9 Å². The van der Waals surface area contributed by atoms with Gasteiger partial charge >= 0.3 is 0 Å². The van der Waals surface area contributed by atoms with Gasteiger partial charge in [0.15, 0.2) is 0 Å². The first-order valence-corrected chi connectivity index (χ1v) is 4.95. The van der Waals surface area contributed by atoms with Gasteiger partial charge in [-0.1, -0.05) is 6.92 Å². The molecule has 12 heavy (non-hydrogen) atoms. The van der Waals surface area contributed by atoms with Crippen molar-refractivity contribution in [2.75, 3.05) is 6.54 Å². The van der Waals surface area contributed by atoms with E-state index in [2.05, 4.69) is 12.0 Å². The zero-order valence-corrected chi connectivity index (χ0v) is 8.34. The zero-order chi connectivity index (χ0) is 8.97. The average molecular weight is 185 g/mol. The normalized spacial score (nSPS) is 13.2. The molecule has 1 rings (SSSR count). The summed E-state index contributed by atoms with van der Waals surface area (Å²) in [5.41, 5.74) is 5.45. The van der Waals surface area contributed by atoms with Gasteiger partial charge < -0.3 is 5.73 Å². The molecule has 0 saturated carbocycles. The Bertz CT molecular complexity index is 234. The highest BCUT2D eigenvalue weighted by atomic mass is 32.2. The van der Waals surface area contributed by atoms with E-state index in [1.165, 1.54) is 4.90 Å². The van der Waals surface area contributed by atoms with Crippen molar-refractivity contribution >= 4 is 11.8 Å². The standard InChI is InChI=1S/C8H15N3S/c1-7(3-4-9)12-8-5-10-11(2)6-8/h5-7H,3-4,9H2,1-2H3. The van der Waals surface area contributed by atoms with Crippen molar-refractivity contribution in [2.45, 2.75) is 23.5 Å². The third-order valence-corrected chi connectivity index (χ3v) is 2.71. The molecule has 2 N–H and O–H groups in total. The van der Waals surface area contributed by atoms with Crippen LogP contribution >= 0.6 is 11.8 Å². The van der Waals surface area contributed by atoms with Gasteiger partial charge in [-0.15, -0.1) is 11.8 Å². The quantitative estimate of drug-likeness (QED) is 0.718. The van der Waals surface area contributed by atoms with Gasteiger partial charge in [0.05, 0.1) is 6.20 Å². The molecule has 0 radical (unpaired) electrons. The lowest BCUT2D eigenvalue weighted by Gasteiger charge is -2.06. The maximum Gasteiger partial charge on any atom is 0.0625 e. The summed E-state index contributed by atoms with van der Waals surface area (Å²) in [7, 11) is 1.93. The highest BCUT2D eigenvalue weighted by Gasteiger charge is 2.04. The molecule has 0 bridgehead atoms. The maximum absolute atomic E-state index is 5.45. The van der Waals surface area contributed by atoms with Crippen LogP contribution < -0.4 is 5.73 Å². The number of aromatic nitrogens is 2. The lowest BCUT2D eigenvalue weighted by Crippen LogP contribution is -2.06. The van der Waals surface area contributed by atoms with Gasteiger partial charge in [0.25, 0.3) is 0 Å². The van der Waals surface area contributed by atoms with E-state index in [4.69, 9.17) is 5.73 Å². The Kier molecular flexibility index (Phi) is 3.62. The second kappa shape index (κ2) is 4.52. The Labute approximate surface area is 77.3 Å². The zero-order valence-electron chi connectivity index (χ0n) is 7.53. The van der Waals surface area contributed by atoms with E-state index in [1.54, 1.807) is 0 Å². The number of aryl methyl sites for hydroxylation is 1. The molecule has 0 aliphatic rings. The summed E-state index contributed by atoms with van der Waals surface area (Å²) in [5, 5.41) is 4.68. The molecule has 4 heteroatoms. The summed E-state index contributed by atoms with van der Waals surface area (Å²) in [5.74, 6) is 0. The molecule has 1 heterocycles. The second-order valence-electron chi connectivity index (χ2n) is 2.86. The molecule has 0 spiro atoms. The Balaban J connectivity index is 2.41. The minimum Gasteiger partial charge on any atom is -0.330 e. The van der Waals surface area contributed by atoms with Gasteiger partial charge in [-0.2, -0.15) is 5.10 Å². The summed E-state index contributed by atoms with van der Waals surface area (Å²) >= 11 is 1.83. The number of hydrogen-bond acceptors (Lipinski definition) is 3. The predicted molar refractivity (Wildman–Crippen MR) is 52.2 cm³/mol. The summed E-state index contributed by atoms with van der Waals surface area (Å²) in [6.07, 6.45) is 4.97. The number of nitrogens with zero attached hydrogens (tertiary/aromatic N) is 2. The number of hydrogen-bond donors (Lipinski definition) is 1. The molecule has 0 aliphatic carbocycles. The van der Waals surface area contributed by atoms with E-state index < -0.39 is 0 Å². The molecule has 3 nitrogen and oxygen atoms in total. The highest BCUT2D eigenvalue weighted by molar-refractivity contribution is 7.99. The van der Waals surface area contributed by atoms with Crippen LogP contribution in [0, 0.1) is 0 Å². The van der Waals surface area contributed by atoms with Gasteiger partial charge in [-0.25, -0.2) is 0 Å². The van der Waals surface area contributed by atoms with Crippen molar-refractivity contribution in [3.8, 4) is 0 Å². The number of rotatable bonds is 4. The fraction of sp³-hybridized carbons (Fsp3) is 0.625. The van der Waals surface area contributed by atoms with Crippen molar-refractivity contribution in [3.63, 3.8) is 0 Å². The van der Waals surface area contributed by atoms with Crippen molar-refractivity contribution in [2.24, 2.45) is 12.8 Å². The Morgan fingerprint density at radius 2 is 2.50 bits per heavy atom. The lowest BCUT2D eigenvalue weighted by atomic mass is 10.3. The van der Waals surface area contributed by atoms with E-state index >= 15 is 0 Å². The lowest BCUT2D eigenvalue weighted by molar-refractivity contribution is 0.766. The highest BCUT2D eigenvalue weighted by Crippen LogP contribution is 2.23. The van der Waals surface area contributed by atoms with Crippen LogP contribution in [0.15, 0.2) is 17.3 Å². The number of nitrogens with two attached hydrogens (primary N) is 1. The molecule has 0 saturated heterocycles. The first kappa shape index (κ1) is 9.61. The van der Waals surface area contributed by atoms with Gasteiger partial charge in [-0.3, -0.25) is 4.68 Å².